The molecule has 2 unspecified atom stereocenters. The smallest absolute Gasteiger partial charge is 0.322 e. The van der Waals surface area contributed by atoms with E-state index < -0.39 is 6.04 Å². The predicted molar refractivity (Wildman–Crippen MR) is 89.3 cm³/mol. The molecular formula is C17H22N4O2. The van der Waals surface area contributed by atoms with Crippen LogP contribution in [0.2, 0.25) is 0 Å². The van der Waals surface area contributed by atoms with E-state index in [0.717, 1.165) is 12.1 Å². The Hall–Kier alpha value is -2.47. The Labute approximate surface area is 136 Å². The van der Waals surface area contributed by atoms with E-state index in [1.54, 1.807) is 36.5 Å². The Morgan fingerprint density at radius 1 is 1.30 bits per heavy atom. The monoisotopic (exact) mass is 314 g/mol. The van der Waals surface area contributed by atoms with Gasteiger partial charge in [0.05, 0.1) is 6.04 Å². The summed E-state index contributed by atoms with van der Waals surface area (Å²) in [6.07, 6.45) is 2.50. The molecule has 122 valence electrons. The van der Waals surface area contributed by atoms with E-state index in [4.69, 9.17) is 10.5 Å². The molecule has 0 saturated carbocycles. The zero-order chi connectivity index (χ0) is 16.8. The third kappa shape index (κ3) is 4.75. The standard InChI is InChI=1S/C17H22N4O2/c1-4-11(2)15(18)16(22)21-13-5-7-14(8-6-13)23-17-19-10-9-12(3)20-17/h5-11,15H,4,18H2,1-3H3,(H,21,22). The minimum absolute atomic E-state index is 0.135. The first-order valence-electron chi connectivity index (χ1n) is 7.63. The summed E-state index contributed by atoms with van der Waals surface area (Å²) in [7, 11) is 0. The highest BCUT2D eigenvalue weighted by atomic mass is 16.5. The number of benzene rings is 1. The molecule has 1 aromatic heterocycles. The minimum Gasteiger partial charge on any atom is -0.424 e. The molecule has 1 aromatic carbocycles. The summed E-state index contributed by atoms with van der Waals surface area (Å²) < 4.78 is 5.56. The fourth-order valence-corrected chi connectivity index (χ4v) is 1.92. The van der Waals surface area contributed by atoms with Crippen LogP contribution < -0.4 is 15.8 Å². The molecule has 0 saturated heterocycles. The molecule has 0 fully saturated rings. The van der Waals surface area contributed by atoms with E-state index in [2.05, 4.69) is 15.3 Å². The maximum Gasteiger partial charge on any atom is 0.322 e. The molecule has 23 heavy (non-hydrogen) atoms. The van der Waals surface area contributed by atoms with Gasteiger partial charge in [-0.05, 0) is 43.2 Å². The second kappa shape index (κ2) is 7.69. The van der Waals surface area contributed by atoms with Gasteiger partial charge in [-0.3, -0.25) is 4.79 Å². The summed E-state index contributed by atoms with van der Waals surface area (Å²) >= 11 is 0. The van der Waals surface area contributed by atoms with Gasteiger partial charge in [0.15, 0.2) is 0 Å². The van der Waals surface area contributed by atoms with Crippen LogP contribution in [0.15, 0.2) is 36.5 Å². The number of aromatic nitrogens is 2. The van der Waals surface area contributed by atoms with Crippen LogP contribution in [0.4, 0.5) is 5.69 Å². The van der Waals surface area contributed by atoms with Gasteiger partial charge < -0.3 is 15.8 Å². The number of hydrogen-bond acceptors (Lipinski definition) is 5. The molecule has 0 aliphatic carbocycles. The summed E-state index contributed by atoms with van der Waals surface area (Å²) in [6.45, 7) is 5.84. The quantitative estimate of drug-likeness (QED) is 0.855. The zero-order valence-electron chi connectivity index (χ0n) is 13.6. The summed E-state index contributed by atoms with van der Waals surface area (Å²) in [5, 5.41) is 2.81. The molecule has 2 rings (SSSR count). The second-order valence-corrected chi connectivity index (χ2v) is 5.51. The van der Waals surface area contributed by atoms with Crippen LogP contribution in [-0.2, 0) is 4.79 Å². The van der Waals surface area contributed by atoms with Crippen molar-refractivity contribution in [3.05, 3.63) is 42.2 Å². The predicted octanol–water partition coefficient (Wildman–Crippen LogP) is 2.89. The number of ether oxygens (including phenoxy) is 1. The first-order chi connectivity index (χ1) is 11.0. The van der Waals surface area contributed by atoms with Gasteiger partial charge in [0.2, 0.25) is 5.91 Å². The fourth-order valence-electron chi connectivity index (χ4n) is 1.92. The number of amides is 1. The molecule has 2 aromatic rings. The van der Waals surface area contributed by atoms with Gasteiger partial charge in [-0.2, -0.15) is 0 Å². The second-order valence-electron chi connectivity index (χ2n) is 5.51. The molecule has 0 bridgehead atoms. The average Bonchev–Trinajstić information content (AvgIpc) is 2.55. The number of aryl methyl sites for hydroxylation is 1. The van der Waals surface area contributed by atoms with Gasteiger partial charge in [0, 0.05) is 17.6 Å². The van der Waals surface area contributed by atoms with Gasteiger partial charge in [-0.25, -0.2) is 9.97 Å². The lowest BCUT2D eigenvalue weighted by molar-refractivity contribution is -0.118. The molecule has 0 aliphatic rings. The van der Waals surface area contributed by atoms with Crippen molar-refractivity contribution in [3.8, 4) is 11.8 Å². The topological polar surface area (TPSA) is 90.1 Å². The van der Waals surface area contributed by atoms with Crippen molar-refractivity contribution in [3.63, 3.8) is 0 Å². The van der Waals surface area contributed by atoms with E-state index in [1.165, 1.54) is 0 Å². The first kappa shape index (κ1) is 16.9. The Morgan fingerprint density at radius 3 is 2.61 bits per heavy atom. The Morgan fingerprint density at radius 2 is 2.00 bits per heavy atom. The van der Waals surface area contributed by atoms with Crippen molar-refractivity contribution in [2.75, 3.05) is 5.32 Å². The summed E-state index contributed by atoms with van der Waals surface area (Å²) in [6, 6.07) is 8.58. The van der Waals surface area contributed by atoms with E-state index in [1.807, 2.05) is 20.8 Å². The van der Waals surface area contributed by atoms with Crippen molar-refractivity contribution in [1.29, 1.82) is 0 Å². The largest absolute Gasteiger partial charge is 0.424 e. The normalized spacial score (nSPS) is 13.2. The van der Waals surface area contributed by atoms with Crippen molar-refractivity contribution in [1.82, 2.24) is 9.97 Å². The van der Waals surface area contributed by atoms with Crippen molar-refractivity contribution < 1.29 is 9.53 Å². The number of nitrogens with two attached hydrogens (primary N) is 1. The van der Waals surface area contributed by atoms with Crippen LogP contribution in [0.5, 0.6) is 11.8 Å². The van der Waals surface area contributed by atoms with E-state index in [9.17, 15) is 4.79 Å². The lowest BCUT2D eigenvalue weighted by Gasteiger charge is -2.17. The van der Waals surface area contributed by atoms with Crippen molar-refractivity contribution in [2.24, 2.45) is 11.7 Å². The highest BCUT2D eigenvalue weighted by Gasteiger charge is 2.19. The van der Waals surface area contributed by atoms with Crippen LogP contribution in [-0.4, -0.2) is 21.9 Å². The van der Waals surface area contributed by atoms with E-state index in [-0.39, 0.29) is 11.8 Å². The van der Waals surface area contributed by atoms with Crippen LogP contribution in [0.1, 0.15) is 26.0 Å². The number of anilines is 1. The van der Waals surface area contributed by atoms with Gasteiger partial charge in [0.1, 0.15) is 5.75 Å². The number of hydrogen-bond donors (Lipinski definition) is 2. The summed E-state index contributed by atoms with van der Waals surface area (Å²) in [5.74, 6) is 0.547. The van der Waals surface area contributed by atoms with E-state index >= 15 is 0 Å². The van der Waals surface area contributed by atoms with E-state index in [0.29, 0.717) is 17.4 Å². The highest BCUT2D eigenvalue weighted by molar-refractivity contribution is 5.94. The number of carbonyl (C=O) groups is 1. The lowest BCUT2D eigenvalue weighted by atomic mass is 9.99. The van der Waals surface area contributed by atoms with Crippen LogP contribution in [0.25, 0.3) is 0 Å². The number of nitrogens with zero attached hydrogens (tertiary/aromatic N) is 2. The van der Waals surface area contributed by atoms with Crippen LogP contribution in [0, 0.1) is 12.8 Å². The highest BCUT2D eigenvalue weighted by Crippen LogP contribution is 2.20. The molecule has 0 radical (unpaired) electrons. The molecule has 2 atom stereocenters. The molecular weight excluding hydrogens is 292 g/mol. The Bertz CT molecular complexity index is 658. The Kier molecular flexibility index (Phi) is 5.65. The molecule has 3 N–H and O–H groups in total. The third-order valence-corrected chi connectivity index (χ3v) is 3.66. The SMILES string of the molecule is CCC(C)C(N)C(=O)Nc1ccc(Oc2nccc(C)n2)cc1. The van der Waals surface area contributed by atoms with Gasteiger partial charge >= 0.3 is 6.01 Å². The molecule has 0 aliphatic heterocycles. The zero-order valence-corrected chi connectivity index (χ0v) is 13.6. The number of nitrogens with one attached hydrogen (secondary N) is 1. The fraction of sp³-hybridized carbons (Fsp3) is 0.353. The van der Waals surface area contributed by atoms with Gasteiger partial charge in [-0.15, -0.1) is 0 Å². The molecule has 1 amide bonds. The minimum atomic E-state index is -0.517. The maximum atomic E-state index is 12.0. The molecule has 6 heteroatoms. The molecule has 6 nitrogen and oxygen atoms in total. The third-order valence-electron chi connectivity index (χ3n) is 3.66. The van der Waals surface area contributed by atoms with Gasteiger partial charge in [0.25, 0.3) is 0 Å². The number of rotatable bonds is 6. The summed E-state index contributed by atoms with van der Waals surface area (Å²) in [4.78, 5) is 20.2. The lowest BCUT2D eigenvalue weighted by Crippen LogP contribution is -2.40. The van der Waals surface area contributed by atoms with Crippen LogP contribution >= 0.6 is 0 Å². The molecule has 0 spiro atoms. The Balaban J connectivity index is 1.98. The number of carbonyl (C=O) groups excluding carboxylic acids is 1. The summed E-state index contributed by atoms with van der Waals surface area (Å²) in [5.41, 5.74) is 7.42. The molecule has 1 heterocycles. The first-order valence-corrected chi connectivity index (χ1v) is 7.63. The van der Waals surface area contributed by atoms with Crippen LogP contribution in [0.3, 0.4) is 0 Å². The van der Waals surface area contributed by atoms with Crippen molar-refractivity contribution >= 4 is 11.6 Å². The van der Waals surface area contributed by atoms with Crippen molar-refractivity contribution in [2.45, 2.75) is 33.2 Å². The average molecular weight is 314 g/mol. The van der Waals surface area contributed by atoms with Gasteiger partial charge in [-0.1, -0.05) is 20.3 Å². The maximum absolute atomic E-state index is 12.0.